The SMILES string of the molecule is CC(=O)O[C@@H]1C[C@H]2C(=O)N[C@]3(C(=O)NS(=O)(=O)C4CC4)C[C@@H]3/C=C\CCCCC[C@H](Nc3ncc(-c4ccccc4)s3)C(=O)N2C1. The lowest BCUT2D eigenvalue weighted by atomic mass is 10.1. The lowest BCUT2D eigenvalue weighted by Gasteiger charge is -2.29. The minimum absolute atomic E-state index is 0.0143. The van der Waals surface area contributed by atoms with E-state index in [2.05, 4.69) is 20.3 Å². The molecule has 0 radical (unpaired) electrons. The summed E-state index contributed by atoms with van der Waals surface area (Å²) in [5.41, 5.74) is -0.438. The zero-order chi connectivity index (χ0) is 32.5. The highest BCUT2D eigenvalue weighted by Gasteiger charge is 2.62. The molecule has 14 heteroatoms. The summed E-state index contributed by atoms with van der Waals surface area (Å²) < 4.78 is 33.0. The third kappa shape index (κ3) is 7.12. The van der Waals surface area contributed by atoms with E-state index in [1.165, 1.54) is 23.2 Å². The quantitative estimate of drug-likeness (QED) is 0.297. The molecule has 0 unspecified atom stereocenters. The van der Waals surface area contributed by atoms with E-state index in [4.69, 9.17) is 4.74 Å². The van der Waals surface area contributed by atoms with Crippen LogP contribution in [0.4, 0.5) is 5.13 Å². The summed E-state index contributed by atoms with van der Waals surface area (Å²) in [6.07, 6.45) is 9.90. The number of benzene rings is 1. The molecule has 1 aromatic heterocycles. The number of rotatable bonds is 7. The minimum Gasteiger partial charge on any atom is -0.461 e. The van der Waals surface area contributed by atoms with Gasteiger partial charge < -0.3 is 20.3 Å². The van der Waals surface area contributed by atoms with Gasteiger partial charge in [0, 0.05) is 25.5 Å². The first-order chi connectivity index (χ1) is 22.1. The zero-order valence-corrected chi connectivity index (χ0v) is 27.3. The number of fused-ring (bicyclic) bond motifs is 2. The van der Waals surface area contributed by atoms with Gasteiger partial charge in [-0.3, -0.25) is 23.9 Å². The van der Waals surface area contributed by atoms with Crippen LogP contribution in [0.2, 0.25) is 0 Å². The number of hydrogen-bond acceptors (Lipinski definition) is 10. The molecule has 3 fully saturated rings. The van der Waals surface area contributed by atoms with Crippen molar-refractivity contribution >= 4 is 50.2 Å². The standard InChI is InChI=1S/C32H39N5O7S2/c1-20(38)44-23-16-26-28(39)35-32(30(41)36-46(42,43)24-14-15-24)17-22(32)12-8-3-2-4-9-13-25(29(40)37(26)19-23)34-31-33-18-27(45-31)21-10-6-5-7-11-21/h5-8,10-12,18,22-26H,2-4,9,13-17,19H2,1H3,(H,33,34)(H,35,39)(H,36,41)/b12-8-/t22-,23+,25-,26-,32+/m0/s1. The van der Waals surface area contributed by atoms with E-state index < -0.39 is 56.8 Å². The van der Waals surface area contributed by atoms with E-state index in [1.54, 1.807) is 6.20 Å². The Morgan fingerprint density at radius 2 is 1.89 bits per heavy atom. The van der Waals surface area contributed by atoms with Gasteiger partial charge in [-0.1, -0.05) is 66.7 Å². The second-order valence-electron chi connectivity index (χ2n) is 12.6. The summed E-state index contributed by atoms with van der Waals surface area (Å²) in [5, 5.41) is 6.12. The Morgan fingerprint density at radius 1 is 1.11 bits per heavy atom. The number of carbonyl (C=O) groups excluding carboxylic acids is 4. The average molecular weight is 670 g/mol. The summed E-state index contributed by atoms with van der Waals surface area (Å²) in [5.74, 6) is -2.60. The van der Waals surface area contributed by atoms with Gasteiger partial charge in [0.15, 0.2) is 5.13 Å². The van der Waals surface area contributed by atoms with Crippen molar-refractivity contribution in [3.8, 4) is 10.4 Å². The number of nitrogens with zero attached hydrogens (tertiary/aromatic N) is 2. The first kappa shape index (κ1) is 32.2. The molecule has 6 rings (SSSR count). The fourth-order valence-corrected chi connectivity index (χ4v) is 8.55. The third-order valence-electron chi connectivity index (χ3n) is 9.04. The molecular formula is C32H39N5O7S2. The summed E-state index contributed by atoms with van der Waals surface area (Å²) in [6, 6.07) is 8.08. The second kappa shape index (κ2) is 13.1. The molecule has 0 spiro atoms. The van der Waals surface area contributed by atoms with Crippen molar-refractivity contribution in [3.05, 3.63) is 48.7 Å². The molecule has 46 heavy (non-hydrogen) atoms. The maximum absolute atomic E-state index is 14.2. The Kier molecular flexibility index (Phi) is 9.19. The van der Waals surface area contributed by atoms with Gasteiger partial charge in [-0.2, -0.15) is 0 Å². The number of thiazole rings is 1. The molecular weight excluding hydrogens is 631 g/mol. The minimum atomic E-state index is -3.84. The van der Waals surface area contributed by atoms with Gasteiger partial charge >= 0.3 is 5.97 Å². The molecule has 0 bridgehead atoms. The highest BCUT2D eigenvalue weighted by atomic mass is 32.2. The van der Waals surface area contributed by atoms with Crippen LogP contribution in [0, 0.1) is 5.92 Å². The third-order valence-corrected chi connectivity index (χ3v) is 11.8. The molecule has 2 saturated carbocycles. The first-order valence-electron chi connectivity index (χ1n) is 15.9. The molecule has 2 aliphatic heterocycles. The Bertz CT molecular complexity index is 1620. The number of allylic oxidation sites excluding steroid dienone is 1. The number of carbonyl (C=O) groups is 4. The number of ether oxygens (including phenoxy) is 1. The van der Waals surface area contributed by atoms with Crippen LogP contribution in [0.5, 0.6) is 0 Å². The van der Waals surface area contributed by atoms with Crippen molar-refractivity contribution in [2.45, 2.75) is 93.7 Å². The number of amides is 3. The van der Waals surface area contributed by atoms with Crippen LogP contribution in [0.25, 0.3) is 10.4 Å². The van der Waals surface area contributed by atoms with Crippen molar-refractivity contribution in [2.24, 2.45) is 5.92 Å². The smallest absolute Gasteiger partial charge is 0.302 e. The predicted molar refractivity (Wildman–Crippen MR) is 172 cm³/mol. The molecule has 12 nitrogen and oxygen atoms in total. The largest absolute Gasteiger partial charge is 0.461 e. The normalized spacial score (nSPS) is 29.3. The lowest BCUT2D eigenvalue weighted by Crippen LogP contribution is -2.57. The molecule has 3 amide bonds. The van der Waals surface area contributed by atoms with E-state index in [-0.39, 0.29) is 31.2 Å². The highest BCUT2D eigenvalue weighted by molar-refractivity contribution is 7.91. The second-order valence-corrected chi connectivity index (χ2v) is 15.6. The number of aromatic nitrogens is 1. The van der Waals surface area contributed by atoms with Gasteiger partial charge in [0.25, 0.3) is 5.91 Å². The first-order valence-corrected chi connectivity index (χ1v) is 18.2. The summed E-state index contributed by atoms with van der Waals surface area (Å²) in [4.78, 5) is 60.4. The van der Waals surface area contributed by atoms with Crippen molar-refractivity contribution in [1.82, 2.24) is 19.9 Å². The van der Waals surface area contributed by atoms with Crippen LogP contribution in [0.15, 0.2) is 48.7 Å². The fourth-order valence-electron chi connectivity index (χ4n) is 6.31. The molecule has 1 aromatic carbocycles. The van der Waals surface area contributed by atoms with Gasteiger partial charge in [0.05, 0.1) is 16.7 Å². The molecule has 2 aliphatic carbocycles. The van der Waals surface area contributed by atoms with Crippen molar-refractivity contribution in [3.63, 3.8) is 0 Å². The zero-order valence-electron chi connectivity index (χ0n) is 25.6. The topological polar surface area (TPSA) is 164 Å². The Balaban J connectivity index is 1.26. The molecule has 246 valence electrons. The van der Waals surface area contributed by atoms with E-state index in [0.717, 1.165) is 36.1 Å². The van der Waals surface area contributed by atoms with Crippen LogP contribution < -0.4 is 15.4 Å². The monoisotopic (exact) mass is 669 g/mol. The van der Waals surface area contributed by atoms with Gasteiger partial charge in [-0.05, 0) is 44.1 Å². The van der Waals surface area contributed by atoms with Crippen LogP contribution in [-0.2, 0) is 33.9 Å². The van der Waals surface area contributed by atoms with Gasteiger partial charge in [-0.25, -0.2) is 13.4 Å². The molecule has 1 saturated heterocycles. The number of sulfonamides is 1. The Labute approximate surface area is 272 Å². The van der Waals surface area contributed by atoms with Crippen molar-refractivity contribution in [2.75, 3.05) is 11.9 Å². The van der Waals surface area contributed by atoms with Crippen LogP contribution in [-0.4, -0.2) is 77.5 Å². The summed E-state index contributed by atoms with van der Waals surface area (Å²) in [6.45, 7) is 1.29. The van der Waals surface area contributed by atoms with Crippen LogP contribution >= 0.6 is 11.3 Å². The Morgan fingerprint density at radius 3 is 2.63 bits per heavy atom. The fraction of sp³-hybridized carbons (Fsp3) is 0.531. The number of anilines is 1. The van der Waals surface area contributed by atoms with Crippen molar-refractivity contribution in [1.29, 1.82) is 0 Å². The van der Waals surface area contributed by atoms with Gasteiger partial charge in [0.2, 0.25) is 21.8 Å². The van der Waals surface area contributed by atoms with Crippen LogP contribution in [0.3, 0.4) is 0 Å². The summed E-state index contributed by atoms with van der Waals surface area (Å²) in [7, 11) is -3.84. The maximum Gasteiger partial charge on any atom is 0.302 e. The van der Waals surface area contributed by atoms with E-state index >= 15 is 0 Å². The number of nitrogens with one attached hydrogen (secondary N) is 3. The maximum atomic E-state index is 14.2. The van der Waals surface area contributed by atoms with E-state index in [9.17, 15) is 27.6 Å². The van der Waals surface area contributed by atoms with Crippen LogP contribution in [0.1, 0.15) is 64.7 Å². The van der Waals surface area contributed by atoms with E-state index in [0.29, 0.717) is 24.4 Å². The number of hydrogen-bond donors (Lipinski definition) is 3. The predicted octanol–water partition coefficient (Wildman–Crippen LogP) is 3.13. The molecule has 3 heterocycles. The molecule has 3 N–H and O–H groups in total. The Hall–Kier alpha value is -3.78. The highest BCUT2D eigenvalue weighted by Crippen LogP contribution is 2.46. The van der Waals surface area contributed by atoms with Crippen molar-refractivity contribution < 1.29 is 32.3 Å². The summed E-state index contributed by atoms with van der Waals surface area (Å²) >= 11 is 1.43. The number of esters is 1. The molecule has 4 aliphatic rings. The van der Waals surface area contributed by atoms with Gasteiger partial charge in [-0.15, -0.1) is 0 Å². The molecule has 2 aromatic rings. The average Bonchev–Trinajstić information content (AvgIpc) is 3.90. The van der Waals surface area contributed by atoms with Gasteiger partial charge in [0.1, 0.15) is 23.7 Å². The van der Waals surface area contributed by atoms with E-state index in [1.807, 2.05) is 42.5 Å². The molecule has 5 atom stereocenters. The lowest BCUT2D eigenvalue weighted by molar-refractivity contribution is -0.146.